The molecule has 1 aliphatic carbocycles. The summed E-state index contributed by atoms with van der Waals surface area (Å²) < 4.78 is 11.5. The first-order chi connectivity index (χ1) is 9.50. The molecular weight excluding hydrogens is 252 g/mol. The van der Waals surface area contributed by atoms with Crippen LogP contribution in [0.25, 0.3) is 0 Å². The molecule has 2 fully saturated rings. The van der Waals surface area contributed by atoms with Crippen LogP contribution in [-0.4, -0.2) is 29.7 Å². The molecule has 1 spiro atoms. The second kappa shape index (κ2) is 5.14. The first-order valence-corrected chi connectivity index (χ1v) is 7.57. The first kappa shape index (κ1) is 14.1. The maximum Gasteiger partial charge on any atom is 0.168 e. The SMILES string of the molecule is Cc1ccc(CC2(O)CCC3(CC2)OCCO3)cc1C. The summed E-state index contributed by atoms with van der Waals surface area (Å²) in [6.45, 7) is 5.62. The molecule has 3 rings (SSSR count). The van der Waals surface area contributed by atoms with Gasteiger partial charge < -0.3 is 14.6 Å². The number of hydrogen-bond acceptors (Lipinski definition) is 3. The number of hydrogen-bond donors (Lipinski definition) is 1. The molecule has 1 heterocycles. The molecular formula is C17H24O3. The van der Waals surface area contributed by atoms with Gasteiger partial charge in [0.05, 0.1) is 18.8 Å². The van der Waals surface area contributed by atoms with Crippen LogP contribution in [0.5, 0.6) is 0 Å². The molecule has 3 heteroatoms. The van der Waals surface area contributed by atoms with Crippen molar-refractivity contribution in [3.63, 3.8) is 0 Å². The molecule has 1 aliphatic heterocycles. The van der Waals surface area contributed by atoms with Gasteiger partial charge in [-0.2, -0.15) is 0 Å². The van der Waals surface area contributed by atoms with Gasteiger partial charge in [-0.1, -0.05) is 18.2 Å². The Balaban J connectivity index is 1.66. The van der Waals surface area contributed by atoms with E-state index in [1.54, 1.807) is 0 Å². The van der Waals surface area contributed by atoms with Crippen LogP contribution in [0.15, 0.2) is 18.2 Å². The van der Waals surface area contributed by atoms with Gasteiger partial charge in [0.1, 0.15) is 0 Å². The van der Waals surface area contributed by atoms with Crippen LogP contribution in [-0.2, 0) is 15.9 Å². The van der Waals surface area contributed by atoms with E-state index < -0.39 is 11.4 Å². The highest BCUT2D eigenvalue weighted by Gasteiger charge is 2.45. The molecule has 110 valence electrons. The molecule has 2 aliphatic rings. The molecule has 20 heavy (non-hydrogen) atoms. The summed E-state index contributed by atoms with van der Waals surface area (Å²) in [4.78, 5) is 0. The van der Waals surface area contributed by atoms with Gasteiger partial charge in [0.15, 0.2) is 5.79 Å². The van der Waals surface area contributed by atoms with Crippen molar-refractivity contribution in [1.29, 1.82) is 0 Å². The van der Waals surface area contributed by atoms with Crippen LogP contribution in [0.1, 0.15) is 42.4 Å². The molecule has 1 aromatic carbocycles. The second-order valence-corrected chi connectivity index (χ2v) is 6.43. The van der Waals surface area contributed by atoms with Gasteiger partial charge in [0.2, 0.25) is 0 Å². The Morgan fingerprint density at radius 1 is 1.00 bits per heavy atom. The van der Waals surface area contributed by atoms with Gasteiger partial charge >= 0.3 is 0 Å². The van der Waals surface area contributed by atoms with E-state index in [1.165, 1.54) is 16.7 Å². The van der Waals surface area contributed by atoms with Crippen LogP contribution < -0.4 is 0 Å². The van der Waals surface area contributed by atoms with E-state index in [-0.39, 0.29) is 0 Å². The monoisotopic (exact) mass is 276 g/mol. The van der Waals surface area contributed by atoms with E-state index in [2.05, 4.69) is 32.0 Å². The fraction of sp³-hybridized carbons (Fsp3) is 0.647. The van der Waals surface area contributed by atoms with E-state index >= 15 is 0 Å². The summed E-state index contributed by atoms with van der Waals surface area (Å²) in [6, 6.07) is 6.47. The van der Waals surface area contributed by atoms with Crippen molar-refractivity contribution >= 4 is 0 Å². The van der Waals surface area contributed by atoms with Crippen molar-refractivity contribution < 1.29 is 14.6 Å². The average Bonchev–Trinajstić information content (AvgIpc) is 2.87. The average molecular weight is 276 g/mol. The van der Waals surface area contributed by atoms with E-state index in [0.717, 1.165) is 32.1 Å². The van der Waals surface area contributed by atoms with Crippen molar-refractivity contribution in [2.75, 3.05) is 13.2 Å². The van der Waals surface area contributed by atoms with Crippen molar-refractivity contribution in [2.45, 2.75) is 57.3 Å². The zero-order chi connectivity index (χ0) is 14.2. The minimum absolute atomic E-state index is 0.393. The highest BCUT2D eigenvalue weighted by molar-refractivity contribution is 5.30. The highest BCUT2D eigenvalue weighted by Crippen LogP contribution is 2.41. The summed E-state index contributed by atoms with van der Waals surface area (Å²) in [5.41, 5.74) is 3.21. The number of benzene rings is 1. The molecule has 3 nitrogen and oxygen atoms in total. The van der Waals surface area contributed by atoms with Crippen LogP contribution in [0.2, 0.25) is 0 Å². The zero-order valence-corrected chi connectivity index (χ0v) is 12.4. The maximum atomic E-state index is 10.8. The molecule has 1 saturated heterocycles. The quantitative estimate of drug-likeness (QED) is 0.902. The van der Waals surface area contributed by atoms with E-state index in [9.17, 15) is 5.11 Å². The molecule has 0 atom stereocenters. The predicted octanol–water partition coefficient (Wildman–Crippen LogP) is 2.89. The summed E-state index contributed by atoms with van der Waals surface area (Å²) in [7, 11) is 0. The summed E-state index contributed by atoms with van der Waals surface area (Å²) >= 11 is 0. The van der Waals surface area contributed by atoms with Crippen LogP contribution in [0, 0.1) is 13.8 Å². The summed E-state index contributed by atoms with van der Waals surface area (Å²) in [6.07, 6.45) is 3.83. The Hall–Kier alpha value is -0.900. The molecule has 1 aromatic rings. The van der Waals surface area contributed by atoms with E-state index in [0.29, 0.717) is 13.2 Å². The Bertz CT molecular complexity index is 479. The number of aliphatic hydroxyl groups is 1. The minimum Gasteiger partial charge on any atom is -0.390 e. The lowest BCUT2D eigenvalue weighted by Crippen LogP contribution is -2.44. The van der Waals surface area contributed by atoms with Crippen molar-refractivity contribution in [3.8, 4) is 0 Å². The molecule has 0 amide bonds. The van der Waals surface area contributed by atoms with E-state index in [4.69, 9.17) is 9.47 Å². The summed E-state index contributed by atoms with van der Waals surface area (Å²) in [5.74, 6) is -0.393. The molecule has 1 N–H and O–H groups in total. The molecule has 0 unspecified atom stereocenters. The van der Waals surface area contributed by atoms with Gasteiger partial charge in [-0.25, -0.2) is 0 Å². The number of rotatable bonds is 2. The third-order valence-corrected chi connectivity index (χ3v) is 4.86. The number of aryl methyl sites for hydroxylation is 2. The van der Waals surface area contributed by atoms with Gasteiger partial charge in [-0.3, -0.25) is 0 Å². The second-order valence-electron chi connectivity index (χ2n) is 6.43. The predicted molar refractivity (Wildman–Crippen MR) is 77.7 cm³/mol. The van der Waals surface area contributed by atoms with Gasteiger partial charge in [0, 0.05) is 19.3 Å². The van der Waals surface area contributed by atoms with Gasteiger partial charge in [0.25, 0.3) is 0 Å². The molecule has 0 aromatic heterocycles. The fourth-order valence-corrected chi connectivity index (χ4v) is 3.35. The molecule has 1 saturated carbocycles. The highest BCUT2D eigenvalue weighted by atomic mass is 16.7. The Kier molecular flexibility index (Phi) is 3.61. The third-order valence-electron chi connectivity index (χ3n) is 4.86. The van der Waals surface area contributed by atoms with Gasteiger partial charge in [-0.05, 0) is 43.4 Å². The van der Waals surface area contributed by atoms with Crippen molar-refractivity contribution in [3.05, 3.63) is 34.9 Å². The van der Waals surface area contributed by atoms with Crippen molar-refractivity contribution in [1.82, 2.24) is 0 Å². The van der Waals surface area contributed by atoms with Gasteiger partial charge in [-0.15, -0.1) is 0 Å². The number of ether oxygens (including phenoxy) is 2. The summed E-state index contributed by atoms with van der Waals surface area (Å²) in [5, 5.41) is 10.8. The largest absolute Gasteiger partial charge is 0.390 e. The minimum atomic E-state index is -0.609. The fourth-order valence-electron chi connectivity index (χ4n) is 3.35. The van der Waals surface area contributed by atoms with Crippen LogP contribution in [0.3, 0.4) is 0 Å². The smallest absolute Gasteiger partial charge is 0.168 e. The first-order valence-electron chi connectivity index (χ1n) is 7.57. The Morgan fingerprint density at radius 3 is 2.25 bits per heavy atom. The maximum absolute atomic E-state index is 10.8. The lowest BCUT2D eigenvalue weighted by Gasteiger charge is -2.40. The topological polar surface area (TPSA) is 38.7 Å². The van der Waals surface area contributed by atoms with E-state index in [1.807, 2.05) is 0 Å². The molecule has 0 bridgehead atoms. The van der Waals surface area contributed by atoms with Crippen LogP contribution >= 0.6 is 0 Å². The molecule has 0 radical (unpaired) electrons. The standard InChI is InChI=1S/C17H24O3/c1-13-3-4-15(11-14(13)2)12-16(18)5-7-17(8-6-16)19-9-10-20-17/h3-4,11,18H,5-10,12H2,1-2H3. The zero-order valence-electron chi connectivity index (χ0n) is 12.4. The van der Waals surface area contributed by atoms with Crippen molar-refractivity contribution in [2.24, 2.45) is 0 Å². The lowest BCUT2D eigenvalue weighted by molar-refractivity contribution is -0.202. The Morgan fingerprint density at radius 2 is 1.65 bits per heavy atom. The normalized spacial score (nSPS) is 24.1. The van der Waals surface area contributed by atoms with Crippen LogP contribution in [0.4, 0.5) is 0 Å². The third kappa shape index (κ3) is 2.76. The Labute approximate surface area is 120 Å². The lowest BCUT2D eigenvalue weighted by atomic mass is 9.77.